The van der Waals surface area contributed by atoms with Crippen molar-refractivity contribution in [1.29, 1.82) is 0 Å². The van der Waals surface area contributed by atoms with Crippen molar-refractivity contribution in [2.24, 2.45) is 0 Å². The molecule has 0 radical (unpaired) electrons. The zero-order valence-corrected chi connectivity index (χ0v) is 13.8. The number of carbonyl (C=O) groups excluding carboxylic acids is 1. The molecule has 0 saturated carbocycles. The van der Waals surface area contributed by atoms with E-state index in [1.54, 1.807) is 0 Å². The molecule has 4 heteroatoms. The quantitative estimate of drug-likeness (QED) is 0.568. The summed E-state index contributed by atoms with van der Waals surface area (Å²) < 4.78 is 0. The van der Waals surface area contributed by atoms with E-state index in [4.69, 9.17) is 0 Å². The van der Waals surface area contributed by atoms with Crippen LogP contribution in [0.4, 0.5) is 5.69 Å². The first kappa shape index (κ1) is 15.1. The largest absolute Gasteiger partial charge is 0.338 e. The maximum absolute atomic E-state index is 12.4. The van der Waals surface area contributed by atoms with Gasteiger partial charge in [-0.1, -0.05) is 42.5 Å². The van der Waals surface area contributed by atoms with E-state index in [9.17, 15) is 4.79 Å². The standard InChI is InChI=1S/C21H17N3O/c1-14-6-2-3-7-17(14)24-21(25)16-12-10-15(11-13-16)20-22-18-8-4-5-9-19(18)23-20/h2-13H,1H3,(H,22,23)(H,24,25). The Morgan fingerprint density at radius 1 is 0.920 bits per heavy atom. The monoisotopic (exact) mass is 327 g/mol. The van der Waals surface area contributed by atoms with Gasteiger partial charge in [-0.25, -0.2) is 4.98 Å². The van der Waals surface area contributed by atoms with E-state index in [-0.39, 0.29) is 5.91 Å². The highest BCUT2D eigenvalue weighted by Crippen LogP contribution is 2.21. The van der Waals surface area contributed by atoms with Crippen molar-refractivity contribution in [3.8, 4) is 11.4 Å². The molecular formula is C21H17N3O. The number of nitrogens with zero attached hydrogens (tertiary/aromatic N) is 1. The molecule has 2 N–H and O–H groups in total. The Bertz CT molecular complexity index is 1020. The smallest absolute Gasteiger partial charge is 0.255 e. The number of carbonyl (C=O) groups is 1. The lowest BCUT2D eigenvalue weighted by Crippen LogP contribution is -2.12. The van der Waals surface area contributed by atoms with Crippen LogP contribution in [0.1, 0.15) is 15.9 Å². The van der Waals surface area contributed by atoms with E-state index in [1.807, 2.05) is 79.7 Å². The second kappa shape index (κ2) is 6.24. The number of benzene rings is 3. The van der Waals surface area contributed by atoms with Crippen LogP contribution < -0.4 is 5.32 Å². The van der Waals surface area contributed by atoms with E-state index >= 15 is 0 Å². The number of amides is 1. The predicted molar refractivity (Wildman–Crippen MR) is 101 cm³/mol. The molecule has 0 atom stereocenters. The fraction of sp³-hybridized carbons (Fsp3) is 0.0476. The summed E-state index contributed by atoms with van der Waals surface area (Å²) >= 11 is 0. The molecule has 0 aliphatic rings. The second-order valence-corrected chi connectivity index (χ2v) is 5.95. The average Bonchev–Trinajstić information content (AvgIpc) is 3.08. The van der Waals surface area contributed by atoms with Gasteiger partial charge in [-0.2, -0.15) is 0 Å². The number of hydrogen-bond donors (Lipinski definition) is 2. The van der Waals surface area contributed by atoms with Crippen molar-refractivity contribution in [2.45, 2.75) is 6.92 Å². The summed E-state index contributed by atoms with van der Waals surface area (Å²) in [7, 11) is 0. The molecule has 4 rings (SSSR count). The van der Waals surface area contributed by atoms with Gasteiger partial charge >= 0.3 is 0 Å². The number of para-hydroxylation sites is 3. The zero-order chi connectivity index (χ0) is 17.2. The van der Waals surface area contributed by atoms with Crippen LogP contribution in [0.2, 0.25) is 0 Å². The molecule has 25 heavy (non-hydrogen) atoms. The van der Waals surface area contributed by atoms with Crippen LogP contribution >= 0.6 is 0 Å². The number of anilines is 1. The molecule has 4 aromatic rings. The van der Waals surface area contributed by atoms with Gasteiger partial charge in [0.2, 0.25) is 0 Å². The summed E-state index contributed by atoms with van der Waals surface area (Å²) in [5.41, 5.74) is 5.35. The Kier molecular flexibility index (Phi) is 3.78. The van der Waals surface area contributed by atoms with E-state index in [2.05, 4.69) is 15.3 Å². The van der Waals surface area contributed by atoms with E-state index in [0.29, 0.717) is 5.56 Å². The van der Waals surface area contributed by atoms with Gasteiger partial charge in [0.15, 0.2) is 0 Å². The normalized spacial score (nSPS) is 10.8. The number of nitrogens with one attached hydrogen (secondary N) is 2. The molecule has 0 spiro atoms. The maximum atomic E-state index is 12.4. The highest BCUT2D eigenvalue weighted by Gasteiger charge is 2.09. The fourth-order valence-electron chi connectivity index (χ4n) is 2.78. The highest BCUT2D eigenvalue weighted by molar-refractivity contribution is 6.04. The summed E-state index contributed by atoms with van der Waals surface area (Å²) in [5.74, 6) is 0.678. The fourth-order valence-corrected chi connectivity index (χ4v) is 2.78. The van der Waals surface area contributed by atoms with E-state index in [0.717, 1.165) is 33.7 Å². The molecule has 1 aromatic heterocycles. The lowest BCUT2D eigenvalue weighted by molar-refractivity contribution is 0.102. The van der Waals surface area contributed by atoms with E-state index in [1.165, 1.54) is 0 Å². The van der Waals surface area contributed by atoms with Crippen molar-refractivity contribution in [3.63, 3.8) is 0 Å². The summed E-state index contributed by atoms with van der Waals surface area (Å²) in [5, 5.41) is 2.94. The first-order valence-electron chi connectivity index (χ1n) is 8.13. The van der Waals surface area contributed by atoms with Crippen LogP contribution in [0.5, 0.6) is 0 Å². The second-order valence-electron chi connectivity index (χ2n) is 5.95. The van der Waals surface area contributed by atoms with Gasteiger partial charge in [-0.15, -0.1) is 0 Å². The third-order valence-electron chi connectivity index (χ3n) is 4.20. The van der Waals surface area contributed by atoms with Crippen LogP contribution in [0.15, 0.2) is 72.8 Å². The molecule has 0 aliphatic carbocycles. The van der Waals surface area contributed by atoms with Gasteiger partial charge in [0.1, 0.15) is 5.82 Å². The van der Waals surface area contributed by atoms with Crippen molar-refractivity contribution in [3.05, 3.63) is 83.9 Å². The van der Waals surface area contributed by atoms with Gasteiger partial charge in [0.05, 0.1) is 11.0 Å². The third kappa shape index (κ3) is 3.02. The predicted octanol–water partition coefficient (Wildman–Crippen LogP) is 4.79. The van der Waals surface area contributed by atoms with Crippen molar-refractivity contribution in [2.75, 3.05) is 5.32 Å². The van der Waals surface area contributed by atoms with Crippen LogP contribution in [0, 0.1) is 6.92 Å². The number of H-pyrrole nitrogens is 1. The Morgan fingerprint density at radius 3 is 2.40 bits per heavy atom. The number of fused-ring (bicyclic) bond motifs is 1. The minimum Gasteiger partial charge on any atom is -0.338 e. The summed E-state index contributed by atoms with van der Waals surface area (Å²) in [4.78, 5) is 20.3. The van der Waals surface area contributed by atoms with Crippen molar-refractivity contribution < 1.29 is 4.79 Å². The molecule has 0 fully saturated rings. The Hall–Kier alpha value is -3.40. The number of aromatic amines is 1. The first-order valence-corrected chi connectivity index (χ1v) is 8.13. The molecule has 122 valence electrons. The molecule has 0 saturated heterocycles. The van der Waals surface area contributed by atoms with Crippen LogP contribution in [0.3, 0.4) is 0 Å². The maximum Gasteiger partial charge on any atom is 0.255 e. The van der Waals surface area contributed by atoms with Crippen molar-refractivity contribution >= 4 is 22.6 Å². The number of hydrogen-bond acceptors (Lipinski definition) is 2. The Balaban J connectivity index is 1.57. The lowest BCUT2D eigenvalue weighted by Gasteiger charge is -2.08. The summed E-state index contributed by atoms with van der Waals surface area (Å²) in [6.07, 6.45) is 0. The number of aromatic nitrogens is 2. The molecule has 4 nitrogen and oxygen atoms in total. The molecule has 3 aromatic carbocycles. The van der Waals surface area contributed by atoms with Crippen LogP contribution in [-0.2, 0) is 0 Å². The molecule has 1 heterocycles. The molecule has 0 bridgehead atoms. The molecule has 1 amide bonds. The van der Waals surface area contributed by atoms with Gasteiger partial charge in [-0.05, 0) is 42.8 Å². The average molecular weight is 327 g/mol. The topological polar surface area (TPSA) is 57.8 Å². The SMILES string of the molecule is Cc1ccccc1NC(=O)c1ccc(-c2nc3ccccc3[nH]2)cc1. The first-order chi connectivity index (χ1) is 12.2. The summed E-state index contributed by atoms with van der Waals surface area (Å²) in [6, 6.07) is 23.1. The number of aryl methyl sites for hydroxylation is 1. The minimum absolute atomic E-state index is 0.120. The van der Waals surface area contributed by atoms with Gasteiger partial charge in [0, 0.05) is 16.8 Å². The molecular weight excluding hydrogens is 310 g/mol. The Morgan fingerprint density at radius 2 is 1.64 bits per heavy atom. The van der Waals surface area contributed by atoms with Crippen LogP contribution in [0.25, 0.3) is 22.4 Å². The number of rotatable bonds is 3. The third-order valence-corrected chi connectivity index (χ3v) is 4.20. The van der Waals surface area contributed by atoms with Gasteiger partial charge in [-0.3, -0.25) is 4.79 Å². The van der Waals surface area contributed by atoms with Crippen molar-refractivity contribution in [1.82, 2.24) is 9.97 Å². The Labute approximate surface area is 145 Å². The zero-order valence-electron chi connectivity index (χ0n) is 13.8. The molecule has 0 aliphatic heterocycles. The van der Waals surface area contributed by atoms with Gasteiger partial charge < -0.3 is 10.3 Å². The molecule has 0 unspecified atom stereocenters. The van der Waals surface area contributed by atoms with Crippen LogP contribution in [-0.4, -0.2) is 15.9 Å². The highest BCUT2D eigenvalue weighted by atomic mass is 16.1. The van der Waals surface area contributed by atoms with E-state index < -0.39 is 0 Å². The summed E-state index contributed by atoms with van der Waals surface area (Å²) in [6.45, 7) is 1.97. The number of imidazole rings is 1. The van der Waals surface area contributed by atoms with Gasteiger partial charge in [0.25, 0.3) is 5.91 Å². The lowest BCUT2D eigenvalue weighted by atomic mass is 10.1. The minimum atomic E-state index is -0.120.